The molecule has 0 aliphatic rings. The summed E-state index contributed by atoms with van der Waals surface area (Å²) in [7, 11) is 1.49. The van der Waals surface area contributed by atoms with E-state index in [1.54, 1.807) is 24.3 Å². The van der Waals surface area contributed by atoms with Crippen molar-refractivity contribution in [1.29, 1.82) is 0 Å². The molecule has 2 aromatic carbocycles. The summed E-state index contributed by atoms with van der Waals surface area (Å²) >= 11 is 5.95. The third-order valence-electron chi connectivity index (χ3n) is 4.10. The Morgan fingerprint density at radius 1 is 1.07 bits per heavy atom. The lowest BCUT2D eigenvalue weighted by Crippen LogP contribution is -2.29. The molecule has 2 aromatic rings. The molecule has 0 heterocycles. The Kier molecular flexibility index (Phi) is 7.64. The summed E-state index contributed by atoms with van der Waals surface area (Å²) < 4.78 is 10.3. The van der Waals surface area contributed by atoms with Crippen molar-refractivity contribution >= 4 is 35.2 Å². The first-order chi connectivity index (χ1) is 13.3. The van der Waals surface area contributed by atoms with E-state index in [9.17, 15) is 9.59 Å². The normalized spacial score (nSPS) is 12.1. The summed E-state index contributed by atoms with van der Waals surface area (Å²) in [4.78, 5) is 24.3. The van der Waals surface area contributed by atoms with Gasteiger partial charge in [-0.3, -0.25) is 4.79 Å². The van der Waals surface area contributed by atoms with Gasteiger partial charge >= 0.3 is 5.97 Å². The van der Waals surface area contributed by atoms with Crippen molar-refractivity contribution in [2.45, 2.75) is 32.8 Å². The zero-order chi connectivity index (χ0) is 20.7. The maximum atomic E-state index is 12.3. The van der Waals surface area contributed by atoms with Crippen LogP contribution in [0.2, 0.25) is 5.02 Å². The molecule has 2 rings (SSSR count). The molecule has 0 aliphatic heterocycles. The Hall–Kier alpha value is -2.79. The van der Waals surface area contributed by atoms with Crippen LogP contribution in [0.1, 0.15) is 37.8 Å². The van der Waals surface area contributed by atoms with E-state index in [-0.39, 0.29) is 0 Å². The van der Waals surface area contributed by atoms with Gasteiger partial charge in [0.25, 0.3) is 5.91 Å². The average Bonchev–Trinajstić information content (AvgIpc) is 2.66. The third-order valence-corrected chi connectivity index (χ3v) is 4.33. The van der Waals surface area contributed by atoms with E-state index < -0.39 is 18.0 Å². The number of amides is 1. The number of carbonyl (C=O) groups excluding carboxylic acids is 2. The molecule has 0 saturated carbocycles. The predicted octanol–water partition coefficient (Wildman–Crippen LogP) is 5.06. The fraction of sp³-hybridized carbons (Fsp3) is 0.273. The maximum absolute atomic E-state index is 12.3. The molecule has 5 nitrogen and oxygen atoms in total. The van der Waals surface area contributed by atoms with Crippen molar-refractivity contribution in [2.24, 2.45) is 0 Å². The van der Waals surface area contributed by atoms with Gasteiger partial charge in [0.15, 0.2) is 6.10 Å². The molecule has 0 aromatic heterocycles. The highest BCUT2D eigenvalue weighted by Crippen LogP contribution is 2.27. The predicted molar refractivity (Wildman–Crippen MR) is 112 cm³/mol. The van der Waals surface area contributed by atoms with Gasteiger partial charge < -0.3 is 14.8 Å². The lowest BCUT2D eigenvalue weighted by molar-refractivity contribution is -0.148. The summed E-state index contributed by atoms with van der Waals surface area (Å²) in [5.41, 5.74) is 2.51. The number of ether oxygens (including phenoxy) is 2. The van der Waals surface area contributed by atoms with Gasteiger partial charge in [0.05, 0.1) is 12.8 Å². The molecule has 148 valence electrons. The lowest BCUT2D eigenvalue weighted by atomic mass is 10.0. The molecule has 6 heteroatoms. The van der Waals surface area contributed by atoms with Crippen molar-refractivity contribution in [3.05, 3.63) is 64.7 Å². The Morgan fingerprint density at radius 2 is 1.75 bits per heavy atom. The minimum atomic E-state index is -0.982. The number of carbonyl (C=O) groups is 2. The lowest BCUT2D eigenvalue weighted by Gasteiger charge is -2.14. The van der Waals surface area contributed by atoms with Crippen LogP contribution in [0.4, 0.5) is 5.69 Å². The van der Waals surface area contributed by atoms with Gasteiger partial charge in [0, 0.05) is 11.1 Å². The Balaban J connectivity index is 1.94. The highest BCUT2D eigenvalue weighted by Gasteiger charge is 2.18. The molecule has 28 heavy (non-hydrogen) atoms. The van der Waals surface area contributed by atoms with E-state index >= 15 is 0 Å². The molecule has 0 bridgehead atoms. The molecule has 0 aliphatic carbocycles. The average molecular weight is 402 g/mol. The maximum Gasteiger partial charge on any atom is 0.331 e. The van der Waals surface area contributed by atoms with Crippen LogP contribution in [0, 0.1) is 0 Å². The van der Waals surface area contributed by atoms with E-state index in [4.69, 9.17) is 21.1 Å². The quantitative estimate of drug-likeness (QED) is 0.520. The van der Waals surface area contributed by atoms with Gasteiger partial charge in [0.1, 0.15) is 5.75 Å². The fourth-order valence-electron chi connectivity index (χ4n) is 2.44. The van der Waals surface area contributed by atoms with Crippen LogP contribution in [0.25, 0.3) is 6.08 Å². The first-order valence-corrected chi connectivity index (χ1v) is 9.31. The molecule has 0 unspecified atom stereocenters. The van der Waals surface area contributed by atoms with Gasteiger partial charge in [-0.2, -0.15) is 0 Å². The van der Waals surface area contributed by atoms with E-state index in [0.717, 1.165) is 5.56 Å². The molecule has 1 amide bonds. The monoisotopic (exact) mass is 401 g/mol. The molecule has 0 saturated heterocycles. The summed E-state index contributed by atoms with van der Waals surface area (Å²) in [5.74, 6) is -0.182. The van der Waals surface area contributed by atoms with Crippen LogP contribution in [-0.4, -0.2) is 25.1 Å². The Labute approximate surface area is 170 Å². The van der Waals surface area contributed by atoms with Gasteiger partial charge in [-0.1, -0.05) is 49.7 Å². The molecular formula is C22H24ClNO4. The second-order valence-corrected chi connectivity index (χ2v) is 7.00. The van der Waals surface area contributed by atoms with Gasteiger partial charge in [-0.15, -0.1) is 0 Å². The fourth-order valence-corrected chi connectivity index (χ4v) is 2.61. The van der Waals surface area contributed by atoms with E-state index in [1.165, 1.54) is 25.7 Å². The highest BCUT2D eigenvalue weighted by atomic mass is 35.5. The van der Waals surface area contributed by atoms with E-state index in [2.05, 4.69) is 19.2 Å². The number of anilines is 1. The summed E-state index contributed by atoms with van der Waals surface area (Å²) in [5, 5.41) is 3.10. The van der Waals surface area contributed by atoms with E-state index in [0.29, 0.717) is 22.4 Å². The van der Waals surface area contributed by atoms with Crippen molar-refractivity contribution in [1.82, 2.24) is 0 Å². The first kappa shape index (κ1) is 21.5. The molecule has 0 radical (unpaired) electrons. The smallest absolute Gasteiger partial charge is 0.331 e. The van der Waals surface area contributed by atoms with Crippen LogP contribution in [-0.2, 0) is 14.3 Å². The van der Waals surface area contributed by atoms with Gasteiger partial charge in [-0.25, -0.2) is 4.79 Å². The number of benzene rings is 2. The van der Waals surface area contributed by atoms with Crippen molar-refractivity contribution < 1.29 is 19.1 Å². The Bertz CT molecular complexity index is 859. The number of esters is 1. The molecular weight excluding hydrogens is 378 g/mol. The molecule has 0 spiro atoms. The number of methoxy groups -OCH3 is 1. The van der Waals surface area contributed by atoms with Gasteiger partial charge in [0.2, 0.25) is 0 Å². The topological polar surface area (TPSA) is 64.6 Å². The second kappa shape index (κ2) is 9.95. The number of halogens is 1. The van der Waals surface area contributed by atoms with Crippen LogP contribution in [0.5, 0.6) is 5.75 Å². The summed E-state index contributed by atoms with van der Waals surface area (Å²) in [6, 6.07) is 12.8. The van der Waals surface area contributed by atoms with E-state index in [1.807, 2.05) is 24.3 Å². The first-order valence-electron chi connectivity index (χ1n) is 8.93. The summed E-state index contributed by atoms with van der Waals surface area (Å²) in [6.07, 6.45) is 1.97. The minimum Gasteiger partial charge on any atom is -0.495 e. The zero-order valence-corrected chi connectivity index (χ0v) is 17.1. The van der Waals surface area contributed by atoms with Crippen LogP contribution in [0.3, 0.4) is 0 Å². The number of rotatable bonds is 7. The van der Waals surface area contributed by atoms with Crippen molar-refractivity contribution in [2.75, 3.05) is 12.4 Å². The van der Waals surface area contributed by atoms with Crippen molar-refractivity contribution in [3.63, 3.8) is 0 Å². The third kappa shape index (κ3) is 6.13. The van der Waals surface area contributed by atoms with Crippen LogP contribution >= 0.6 is 11.6 Å². The standard InChI is InChI=1S/C22H24ClNO4/c1-14(2)17-8-5-16(6-9-17)7-12-21(25)28-15(3)22(26)24-19-13-18(23)10-11-20(19)27-4/h5-15H,1-4H3,(H,24,26)/b12-7+/t15-/m0/s1. The summed E-state index contributed by atoms with van der Waals surface area (Å²) in [6.45, 7) is 5.73. The van der Waals surface area contributed by atoms with Crippen molar-refractivity contribution in [3.8, 4) is 5.75 Å². The van der Waals surface area contributed by atoms with Crippen LogP contribution < -0.4 is 10.1 Å². The SMILES string of the molecule is COc1ccc(Cl)cc1NC(=O)[C@H](C)OC(=O)/C=C/c1ccc(C(C)C)cc1. The second-order valence-electron chi connectivity index (χ2n) is 6.57. The largest absolute Gasteiger partial charge is 0.495 e. The number of hydrogen-bond donors (Lipinski definition) is 1. The van der Waals surface area contributed by atoms with Gasteiger partial charge in [-0.05, 0) is 48.2 Å². The minimum absolute atomic E-state index is 0.406. The molecule has 0 fully saturated rings. The van der Waals surface area contributed by atoms with Crippen LogP contribution in [0.15, 0.2) is 48.5 Å². The number of nitrogens with one attached hydrogen (secondary N) is 1. The number of hydrogen-bond acceptors (Lipinski definition) is 4. The zero-order valence-electron chi connectivity index (χ0n) is 16.4. The molecule has 1 N–H and O–H groups in total. The molecule has 1 atom stereocenters. The highest BCUT2D eigenvalue weighted by molar-refractivity contribution is 6.31. The Morgan fingerprint density at radius 3 is 2.36 bits per heavy atom.